The third-order valence-corrected chi connectivity index (χ3v) is 2.31. The minimum Gasteiger partial charge on any atom is -0.292 e. The van der Waals surface area contributed by atoms with Crippen LogP contribution in [0.5, 0.6) is 0 Å². The van der Waals surface area contributed by atoms with Gasteiger partial charge in [0.1, 0.15) is 0 Å². The van der Waals surface area contributed by atoms with Gasteiger partial charge in [-0.2, -0.15) is 22.0 Å². The van der Waals surface area contributed by atoms with Gasteiger partial charge in [0.15, 0.2) is 0 Å². The molecule has 1 aromatic rings. The summed E-state index contributed by atoms with van der Waals surface area (Å²) in [6, 6.07) is 2.58. The predicted octanol–water partition coefficient (Wildman–Crippen LogP) is 3.15. The maximum atomic E-state index is 12.6. The molecule has 8 heteroatoms. The standard InChI is InChI=1S/C9H5BrF5NO/c10-5-1-2-6(16-4-5)3-7(17)8(11,12)9(13,14)15/h1-2,4H,3H2. The van der Waals surface area contributed by atoms with Crippen molar-refractivity contribution >= 4 is 21.7 Å². The molecule has 17 heavy (non-hydrogen) atoms. The number of alkyl halides is 5. The Hall–Kier alpha value is -1.05. The molecule has 0 saturated carbocycles. The SMILES string of the molecule is O=C(Cc1ccc(Br)cn1)C(F)(F)C(F)(F)F. The Bertz CT molecular complexity index is 414. The number of nitrogens with zero attached hydrogens (tertiary/aromatic N) is 1. The molecule has 0 aromatic carbocycles. The first kappa shape index (κ1) is 14.0. The molecule has 1 heterocycles. The van der Waals surface area contributed by atoms with Crippen molar-refractivity contribution in [2.45, 2.75) is 18.5 Å². The van der Waals surface area contributed by atoms with Gasteiger partial charge in [-0.15, -0.1) is 0 Å². The van der Waals surface area contributed by atoms with Crippen molar-refractivity contribution in [1.29, 1.82) is 0 Å². The Morgan fingerprint density at radius 2 is 1.82 bits per heavy atom. The van der Waals surface area contributed by atoms with Gasteiger partial charge in [-0.05, 0) is 28.1 Å². The average molecular weight is 318 g/mol. The molecule has 1 aromatic heterocycles. The molecule has 0 saturated heterocycles. The number of Topliss-reactive ketones (excluding diaryl/α,β-unsaturated/α-hetero) is 1. The van der Waals surface area contributed by atoms with Crippen molar-refractivity contribution in [3.05, 3.63) is 28.5 Å². The van der Waals surface area contributed by atoms with E-state index in [1.807, 2.05) is 0 Å². The zero-order chi connectivity index (χ0) is 13.3. The van der Waals surface area contributed by atoms with Crippen LogP contribution >= 0.6 is 15.9 Å². The van der Waals surface area contributed by atoms with Crippen molar-refractivity contribution in [2.75, 3.05) is 0 Å². The Morgan fingerprint density at radius 3 is 2.24 bits per heavy atom. The lowest BCUT2D eigenvalue weighted by Gasteiger charge is -2.17. The highest BCUT2D eigenvalue weighted by molar-refractivity contribution is 9.10. The van der Waals surface area contributed by atoms with Crippen LogP contribution in [0.3, 0.4) is 0 Å². The Labute approximate surface area is 101 Å². The van der Waals surface area contributed by atoms with E-state index in [1.165, 1.54) is 18.3 Å². The number of halogens is 6. The van der Waals surface area contributed by atoms with E-state index in [-0.39, 0.29) is 5.69 Å². The highest BCUT2D eigenvalue weighted by atomic mass is 79.9. The van der Waals surface area contributed by atoms with Crippen LogP contribution in [0.15, 0.2) is 22.8 Å². The largest absolute Gasteiger partial charge is 0.461 e. The summed E-state index contributed by atoms with van der Waals surface area (Å²) in [7, 11) is 0. The number of hydrogen-bond donors (Lipinski definition) is 0. The highest BCUT2D eigenvalue weighted by Gasteiger charge is 2.62. The maximum absolute atomic E-state index is 12.6. The van der Waals surface area contributed by atoms with Crippen LogP contribution in [0.4, 0.5) is 22.0 Å². The van der Waals surface area contributed by atoms with E-state index < -0.39 is 24.3 Å². The van der Waals surface area contributed by atoms with E-state index in [0.29, 0.717) is 4.47 Å². The van der Waals surface area contributed by atoms with Gasteiger partial charge in [-0.3, -0.25) is 9.78 Å². The number of ketones is 1. The quantitative estimate of drug-likeness (QED) is 0.802. The van der Waals surface area contributed by atoms with Crippen molar-refractivity contribution in [3.63, 3.8) is 0 Å². The van der Waals surface area contributed by atoms with E-state index in [9.17, 15) is 26.7 Å². The molecule has 1 rings (SSSR count). The number of hydrogen-bond acceptors (Lipinski definition) is 2. The van der Waals surface area contributed by atoms with Crippen molar-refractivity contribution in [1.82, 2.24) is 4.98 Å². The molecule has 0 amide bonds. The van der Waals surface area contributed by atoms with Gasteiger partial charge in [0.2, 0.25) is 5.78 Å². The zero-order valence-electron chi connectivity index (χ0n) is 8.06. The second-order valence-corrected chi connectivity index (χ2v) is 4.06. The summed E-state index contributed by atoms with van der Waals surface area (Å²) in [5.41, 5.74) is -0.151. The maximum Gasteiger partial charge on any atom is 0.461 e. The molecule has 2 nitrogen and oxygen atoms in total. The lowest BCUT2D eigenvalue weighted by Crippen LogP contribution is -2.44. The molecule has 0 atom stereocenters. The lowest BCUT2D eigenvalue weighted by molar-refractivity contribution is -0.268. The fourth-order valence-electron chi connectivity index (χ4n) is 0.945. The van der Waals surface area contributed by atoms with Crippen LogP contribution < -0.4 is 0 Å². The summed E-state index contributed by atoms with van der Waals surface area (Å²) in [6.07, 6.45) is -5.74. The molecule has 0 aliphatic carbocycles. The van der Waals surface area contributed by atoms with Crippen LogP contribution in [0.25, 0.3) is 0 Å². The van der Waals surface area contributed by atoms with Gasteiger partial charge in [-0.1, -0.05) is 0 Å². The van der Waals surface area contributed by atoms with Crippen molar-refractivity contribution < 1.29 is 26.7 Å². The van der Waals surface area contributed by atoms with Gasteiger partial charge < -0.3 is 0 Å². The monoisotopic (exact) mass is 317 g/mol. The predicted molar refractivity (Wildman–Crippen MR) is 51.6 cm³/mol. The summed E-state index contributed by atoms with van der Waals surface area (Å²) in [5, 5.41) is 0. The van der Waals surface area contributed by atoms with Crippen LogP contribution in [-0.4, -0.2) is 22.9 Å². The summed E-state index contributed by atoms with van der Waals surface area (Å²) < 4.78 is 61.2. The smallest absolute Gasteiger partial charge is 0.292 e. The first-order valence-electron chi connectivity index (χ1n) is 4.23. The average Bonchev–Trinajstić information content (AvgIpc) is 2.19. The number of pyridine rings is 1. The fourth-order valence-corrected chi connectivity index (χ4v) is 1.18. The molecule has 0 radical (unpaired) electrons. The third kappa shape index (κ3) is 3.21. The summed E-state index contributed by atoms with van der Waals surface area (Å²) in [6.45, 7) is 0. The normalized spacial score (nSPS) is 12.6. The van der Waals surface area contributed by atoms with Gasteiger partial charge in [0.05, 0.1) is 6.42 Å². The topological polar surface area (TPSA) is 30.0 Å². The van der Waals surface area contributed by atoms with Gasteiger partial charge in [0, 0.05) is 16.4 Å². The molecule has 0 aliphatic heterocycles. The molecule has 0 bridgehead atoms. The Balaban J connectivity index is 2.83. The minimum absolute atomic E-state index is 0.151. The zero-order valence-corrected chi connectivity index (χ0v) is 9.65. The lowest BCUT2D eigenvalue weighted by atomic mass is 10.1. The van der Waals surface area contributed by atoms with Crippen molar-refractivity contribution in [3.8, 4) is 0 Å². The number of rotatable bonds is 3. The molecule has 0 aliphatic rings. The van der Waals surface area contributed by atoms with Crippen LogP contribution in [0.1, 0.15) is 5.69 Å². The molecule has 94 valence electrons. The molecular weight excluding hydrogens is 313 g/mol. The molecular formula is C9H5BrF5NO. The highest BCUT2D eigenvalue weighted by Crippen LogP contribution is 2.36. The molecule has 0 spiro atoms. The van der Waals surface area contributed by atoms with E-state index in [4.69, 9.17) is 0 Å². The number of aromatic nitrogens is 1. The summed E-state index contributed by atoms with van der Waals surface area (Å²) in [4.78, 5) is 14.4. The molecule has 0 unspecified atom stereocenters. The Kier molecular flexibility index (Phi) is 3.85. The van der Waals surface area contributed by atoms with Gasteiger partial charge in [0.25, 0.3) is 0 Å². The number of carbonyl (C=O) groups is 1. The molecule has 0 fully saturated rings. The number of carbonyl (C=O) groups excluding carboxylic acids is 1. The van der Waals surface area contributed by atoms with Crippen LogP contribution in [0, 0.1) is 0 Å². The molecule has 0 N–H and O–H groups in total. The first-order chi connectivity index (χ1) is 7.64. The van der Waals surface area contributed by atoms with Crippen LogP contribution in [0.2, 0.25) is 0 Å². The van der Waals surface area contributed by atoms with Crippen LogP contribution in [-0.2, 0) is 11.2 Å². The van der Waals surface area contributed by atoms with E-state index in [0.717, 1.165) is 0 Å². The van der Waals surface area contributed by atoms with E-state index in [2.05, 4.69) is 20.9 Å². The summed E-state index contributed by atoms with van der Waals surface area (Å²) >= 11 is 3.01. The van der Waals surface area contributed by atoms with E-state index in [1.54, 1.807) is 0 Å². The first-order valence-corrected chi connectivity index (χ1v) is 5.02. The second kappa shape index (κ2) is 4.67. The van der Waals surface area contributed by atoms with Gasteiger partial charge in [-0.25, -0.2) is 0 Å². The minimum atomic E-state index is -5.88. The Morgan fingerprint density at radius 1 is 1.24 bits per heavy atom. The summed E-state index contributed by atoms with van der Waals surface area (Å²) in [5.74, 6) is -7.57. The van der Waals surface area contributed by atoms with Gasteiger partial charge >= 0.3 is 12.1 Å². The third-order valence-electron chi connectivity index (χ3n) is 1.84. The second-order valence-electron chi connectivity index (χ2n) is 3.14. The van der Waals surface area contributed by atoms with E-state index >= 15 is 0 Å². The van der Waals surface area contributed by atoms with Crippen molar-refractivity contribution in [2.24, 2.45) is 0 Å². The fraction of sp³-hybridized carbons (Fsp3) is 0.333.